The fourth-order valence-corrected chi connectivity index (χ4v) is 3.65. The highest BCUT2D eigenvalue weighted by molar-refractivity contribution is 7.90. The lowest BCUT2D eigenvalue weighted by Crippen LogP contribution is -2.43. The zero-order valence-electron chi connectivity index (χ0n) is 18.6. The van der Waals surface area contributed by atoms with E-state index in [1.54, 1.807) is 0 Å². The maximum atomic E-state index is 13.1. The number of amides is 1. The molecule has 196 valence electrons. The Morgan fingerprint density at radius 2 is 1.46 bits per heavy atom. The van der Waals surface area contributed by atoms with Crippen LogP contribution in [-0.2, 0) is 22.2 Å². The number of alkyl halides is 6. The number of sulfone groups is 1. The van der Waals surface area contributed by atoms with Gasteiger partial charge in [0.2, 0.25) is 5.96 Å². The largest absolute Gasteiger partial charge is 0.433 e. The van der Waals surface area contributed by atoms with E-state index in [4.69, 9.17) is 16.0 Å². The molecule has 0 atom stereocenters. The number of nitrogens with zero attached hydrogens (tertiary/aromatic N) is 2. The second-order valence-corrected chi connectivity index (χ2v) is 9.54. The molecule has 3 aromatic rings. The van der Waals surface area contributed by atoms with E-state index < -0.39 is 51.0 Å². The van der Waals surface area contributed by atoms with E-state index in [-0.39, 0.29) is 21.8 Å². The lowest BCUT2D eigenvalue weighted by Gasteiger charge is -2.20. The molecular formula is C22H16F6N4O4S. The van der Waals surface area contributed by atoms with Crippen molar-refractivity contribution in [3.05, 3.63) is 77.6 Å². The first kappa shape index (κ1) is 27.4. The molecule has 0 aliphatic rings. The van der Waals surface area contributed by atoms with Crippen LogP contribution in [0.3, 0.4) is 0 Å². The SMILES string of the molecule is CS(=O)(=O)c1cccc(C(=O)N(Oc2ccc(-c3cc(C(F)(F)F)nc(C(F)(F)F)c3)cc2)C(=N)N)c1. The topological polar surface area (TPSA) is 126 Å². The van der Waals surface area contributed by atoms with Crippen LogP contribution >= 0.6 is 0 Å². The molecule has 8 nitrogen and oxygen atoms in total. The van der Waals surface area contributed by atoms with Crippen molar-refractivity contribution < 1.29 is 44.4 Å². The summed E-state index contributed by atoms with van der Waals surface area (Å²) in [7, 11) is -3.66. The van der Waals surface area contributed by atoms with Crippen molar-refractivity contribution in [2.75, 3.05) is 6.26 Å². The summed E-state index contributed by atoms with van der Waals surface area (Å²) in [5.41, 5.74) is 1.26. The molecule has 0 fully saturated rings. The number of halogens is 6. The smallest absolute Gasteiger partial charge is 0.369 e. The Kier molecular flexibility index (Phi) is 7.21. The third-order valence-electron chi connectivity index (χ3n) is 4.70. The number of aromatic nitrogens is 1. The molecule has 1 amide bonds. The predicted octanol–water partition coefficient (Wildman–Crippen LogP) is 4.52. The molecule has 0 bridgehead atoms. The van der Waals surface area contributed by atoms with Crippen LogP contribution in [-0.4, -0.2) is 36.6 Å². The number of nitrogens with two attached hydrogens (primary N) is 1. The first-order valence-corrected chi connectivity index (χ1v) is 11.8. The fourth-order valence-electron chi connectivity index (χ4n) is 2.98. The van der Waals surface area contributed by atoms with Gasteiger partial charge in [-0.05, 0) is 53.6 Å². The Balaban J connectivity index is 1.92. The maximum Gasteiger partial charge on any atom is 0.433 e. The molecule has 3 N–H and O–H groups in total. The number of pyridine rings is 1. The third kappa shape index (κ3) is 6.55. The van der Waals surface area contributed by atoms with Gasteiger partial charge in [0.05, 0.1) is 4.90 Å². The van der Waals surface area contributed by atoms with Crippen LogP contribution in [0, 0.1) is 5.41 Å². The Hall–Kier alpha value is -4.14. The Morgan fingerprint density at radius 3 is 1.92 bits per heavy atom. The van der Waals surface area contributed by atoms with Crippen LogP contribution in [0.4, 0.5) is 26.3 Å². The minimum Gasteiger partial charge on any atom is -0.369 e. The van der Waals surface area contributed by atoms with Gasteiger partial charge in [-0.2, -0.15) is 26.3 Å². The summed E-state index contributed by atoms with van der Waals surface area (Å²) < 4.78 is 102. The van der Waals surface area contributed by atoms with Crippen molar-refractivity contribution in [1.82, 2.24) is 10.0 Å². The van der Waals surface area contributed by atoms with Crippen molar-refractivity contribution in [2.24, 2.45) is 5.73 Å². The van der Waals surface area contributed by atoms with Crippen LogP contribution in [0.15, 0.2) is 65.6 Å². The molecule has 1 heterocycles. The standard InChI is InChI=1S/C22H16F6N4O4S/c1-37(34,35)16-4-2-3-13(9-16)19(33)32(20(29)30)36-15-7-5-12(6-8-15)14-10-17(21(23,24)25)31-18(11-14)22(26,27)28/h2-11H,1H3,(H3,29,30). The number of guanidine groups is 1. The molecule has 0 unspecified atom stereocenters. The minimum absolute atomic E-state index is 0.0627. The molecule has 0 aliphatic heterocycles. The van der Waals surface area contributed by atoms with Crippen LogP contribution in [0.5, 0.6) is 5.75 Å². The number of hydrogen-bond donors (Lipinski definition) is 2. The van der Waals surface area contributed by atoms with Gasteiger partial charge in [-0.15, -0.1) is 5.06 Å². The Morgan fingerprint density at radius 1 is 0.919 bits per heavy atom. The summed E-state index contributed by atoms with van der Waals surface area (Å²) in [6.45, 7) is 0. The molecule has 2 aromatic carbocycles. The normalized spacial score (nSPS) is 12.2. The van der Waals surface area contributed by atoms with Gasteiger partial charge in [0.1, 0.15) is 11.4 Å². The van der Waals surface area contributed by atoms with E-state index in [1.807, 2.05) is 0 Å². The van der Waals surface area contributed by atoms with Crippen LogP contribution < -0.4 is 10.6 Å². The summed E-state index contributed by atoms with van der Waals surface area (Å²) in [5.74, 6) is -2.06. The van der Waals surface area contributed by atoms with E-state index in [2.05, 4.69) is 4.98 Å². The third-order valence-corrected chi connectivity index (χ3v) is 5.81. The average molecular weight is 546 g/mol. The zero-order valence-corrected chi connectivity index (χ0v) is 19.4. The minimum atomic E-state index is -5.13. The van der Waals surface area contributed by atoms with Crippen LogP contribution in [0.1, 0.15) is 21.7 Å². The number of benzene rings is 2. The van der Waals surface area contributed by atoms with E-state index in [0.717, 1.165) is 36.6 Å². The molecule has 37 heavy (non-hydrogen) atoms. The van der Waals surface area contributed by atoms with E-state index in [1.165, 1.54) is 18.2 Å². The van der Waals surface area contributed by atoms with Gasteiger partial charge in [0, 0.05) is 11.8 Å². The van der Waals surface area contributed by atoms with Gasteiger partial charge < -0.3 is 10.6 Å². The molecule has 0 saturated carbocycles. The summed E-state index contributed by atoms with van der Waals surface area (Å²) >= 11 is 0. The molecule has 15 heteroatoms. The second-order valence-electron chi connectivity index (χ2n) is 7.52. The van der Waals surface area contributed by atoms with Crippen molar-refractivity contribution in [3.8, 4) is 16.9 Å². The van der Waals surface area contributed by atoms with Crippen molar-refractivity contribution in [3.63, 3.8) is 0 Å². The van der Waals surface area contributed by atoms with Crippen LogP contribution in [0.2, 0.25) is 0 Å². The number of carbonyl (C=O) groups excluding carboxylic acids is 1. The maximum absolute atomic E-state index is 13.1. The molecule has 1 aromatic heterocycles. The highest BCUT2D eigenvalue weighted by Crippen LogP contribution is 2.36. The van der Waals surface area contributed by atoms with Gasteiger partial charge in [-0.25, -0.2) is 13.4 Å². The molecular weight excluding hydrogens is 530 g/mol. The Bertz CT molecular complexity index is 1420. The number of carbonyl (C=O) groups is 1. The van der Waals surface area contributed by atoms with Gasteiger partial charge in [-0.1, -0.05) is 18.2 Å². The fraction of sp³-hybridized carbons (Fsp3) is 0.136. The first-order valence-electron chi connectivity index (χ1n) is 9.90. The van der Waals surface area contributed by atoms with E-state index >= 15 is 0 Å². The zero-order chi connectivity index (χ0) is 27.8. The number of rotatable bonds is 5. The van der Waals surface area contributed by atoms with E-state index in [9.17, 15) is 39.6 Å². The summed E-state index contributed by atoms with van der Waals surface area (Å²) in [6.07, 6.45) is -9.33. The van der Waals surface area contributed by atoms with Gasteiger partial charge in [0.15, 0.2) is 15.6 Å². The summed E-state index contributed by atoms with van der Waals surface area (Å²) in [4.78, 5) is 20.5. The highest BCUT2D eigenvalue weighted by atomic mass is 32.2. The molecule has 0 spiro atoms. The Labute approximate surface area is 205 Å². The lowest BCUT2D eigenvalue weighted by atomic mass is 10.0. The average Bonchev–Trinajstić information content (AvgIpc) is 2.80. The van der Waals surface area contributed by atoms with E-state index in [0.29, 0.717) is 17.2 Å². The molecule has 0 aliphatic carbocycles. The van der Waals surface area contributed by atoms with Crippen molar-refractivity contribution in [1.29, 1.82) is 5.41 Å². The summed E-state index contributed by atoms with van der Waals surface area (Å²) in [5, 5.41) is 7.94. The number of hydroxylamine groups is 2. The molecule has 0 radical (unpaired) electrons. The van der Waals surface area contributed by atoms with Gasteiger partial charge in [0.25, 0.3) is 5.91 Å². The highest BCUT2D eigenvalue weighted by Gasteiger charge is 2.39. The van der Waals surface area contributed by atoms with Gasteiger partial charge in [-0.3, -0.25) is 10.2 Å². The summed E-state index contributed by atoms with van der Waals surface area (Å²) in [6, 6.07) is 10.2. The second kappa shape index (κ2) is 9.72. The van der Waals surface area contributed by atoms with Crippen molar-refractivity contribution in [2.45, 2.75) is 17.2 Å². The number of hydrogen-bond acceptors (Lipinski definition) is 6. The van der Waals surface area contributed by atoms with Gasteiger partial charge >= 0.3 is 12.4 Å². The molecule has 0 saturated heterocycles. The predicted molar refractivity (Wildman–Crippen MR) is 118 cm³/mol. The molecule has 3 rings (SSSR count). The first-order chi connectivity index (χ1) is 17.0. The van der Waals surface area contributed by atoms with Crippen LogP contribution in [0.25, 0.3) is 11.1 Å². The van der Waals surface area contributed by atoms with Crippen molar-refractivity contribution >= 4 is 21.7 Å². The monoisotopic (exact) mass is 546 g/mol. The number of nitrogens with one attached hydrogen (secondary N) is 1. The quantitative estimate of drug-likeness (QED) is 0.210. The lowest BCUT2D eigenvalue weighted by molar-refractivity contribution is -0.150.